The molecule has 4 rings (SSSR count). The minimum Gasteiger partial charge on any atom is -0.298 e. The summed E-state index contributed by atoms with van der Waals surface area (Å²) in [5.74, 6) is 3.61. The van der Waals surface area contributed by atoms with E-state index < -0.39 is 0 Å². The lowest BCUT2D eigenvalue weighted by Gasteiger charge is -2.52. The van der Waals surface area contributed by atoms with E-state index in [2.05, 4.69) is 186 Å². The summed E-state index contributed by atoms with van der Waals surface area (Å²) < 4.78 is 0. The van der Waals surface area contributed by atoms with Crippen molar-refractivity contribution in [1.29, 1.82) is 0 Å². The summed E-state index contributed by atoms with van der Waals surface area (Å²) in [6.45, 7) is 66.6. The SMILES string of the molecule is CC(C)(C)C1CCCN(C(C)(C)C)CC1.CC(C)(C)C1CCN(C(C)(C)C)C1.CC(C)(C)C1CCN(C(C)(C)C)CC1.CC(C)(C)C1CN(C(C)(C)C)C1. The van der Waals surface area contributed by atoms with E-state index in [1.807, 2.05) is 0 Å². The van der Waals surface area contributed by atoms with Gasteiger partial charge in [-0.3, -0.25) is 19.6 Å². The van der Waals surface area contributed by atoms with E-state index in [9.17, 15) is 0 Å². The molecule has 2 atom stereocenters. The molecule has 4 heterocycles. The molecule has 0 spiro atoms. The minimum absolute atomic E-state index is 0.354. The van der Waals surface area contributed by atoms with Crippen molar-refractivity contribution in [1.82, 2.24) is 19.6 Å². The number of piperidine rings is 1. The second-order valence-corrected chi connectivity index (χ2v) is 26.6. The van der Waals surface area contributed by atoms with Crippen molar-refractivity contribution in [2.75, 3.05) is 52.4 Å². The highest BCUT2D eigenvalue weighted by Crippen LogP contribution is 2.39. The summed E-state index contributed by atoms with van der Waals surface area (Å²) in [5, 5.41) is 0. The zero-order valence-electron chi connectivity index (χ0n) is 42.0. The van der Waals surface area contributed by atoms with Gasteiger partial charge in [-0.05, 0) is 200 Å². The van der Waals surface area contributed by atoms with Gasteiger partial charge in [0.1, 0.15) is 0 Å². The van der Waals surface area contributed by atoms with Crippen LogP contribution in [-0.2, 0) is 0 Å². The van der Waals surface area contributed by atoms with Crippen molar-refractivity contribution in [3.8, 4) is 0 Å². The molecular formula is C50H104N4. The molecule has 0 N–H and O–H groups in total. The molecule has 0 aromatic carbocycles. The zero-order chi connectivity index (χ0) is 42.5. The lowest BCUT2D eigenvalue weighted by Crippen LogP contribution is -2.59. The molecule has 0 bridgehead atoms. The van der Waals surface area contributed by atoms with Crippen LogP contribution in [0.25, 0.3) is 0 Å². The van der Waals surface area contributed by atoms with E-state index in [4.69, 9.17) is 0 Å². The quantitative estimate of drug-likeness (QED) is 0.244. The third kappa shape index (κ3) is 18.2. The number of likely N-dealkylation sites (tertiary alicyclic amines) is 4. The molecular weight excluding hydrogens is 657 g/mol. The molecule has 2 unspecified atom stereocenters. The first-order valence-corrected chi connectivity index (χ1v) is 22.8. The van der Waals surface area contributed by atoms with Crippen LogP contribution in [0.4, 0.5) is 0 Å². The Morgan fingerprint density at radius 2 is 0.519 bits per heavy atom. The van der Waals surface area contributed by atoms with Gasteiger partial charge >= 0.3 is 0 Å². The fourth-order valence-corrected chi connectivity index (χ4v) is 8.70. The van der Waals surface area contributed by atoms with Crippen LogP contribution in [0.2, 0.25) is 0 Å². The summed E-state index contributed by atoms with van der Waals surface area (Å²) >= 11 is 0. The molecule has 0 aliphatic carbocycles. The van der Waals surface area contributed by atoms with Crippen LogP contribution >= 0.6 is 0 Å². The highest BCUT2D eigenvalue weighted by Gasteiger charge is 2.40. The van der Waals surface area contributed by atoms with Gasteiger partial charge in [-0.15, -0.1) is 0 Å². The Hall–Kier alpha value is -0.160. The van der Waals surface area contributed by atoms with Crippen LogP contribution < -0.4 is 0 Å². The Morgan fingerprint density at radius 3 is 0.796 bits per heavy atom. The van der Waals surface area contributed by atoms with Gasteiger partial charge in [0.05, 0.1) is 0 Å². The summed E-state index contributed by atoms with van der Waals surface area (Å²) in [7, 11) is 0. The molecule has 4 nitrogen and oxygen atoms in total. The molecule has 54 heavy (non-hydrogen) atoms. The Balaban J connectivity index is 0.000000361. The van der Waals surface area contributed by atoms with E-state index >= 15 is 0 Å². The molecule has 4 heteroatoms. The Morgan fingerprint density at radius 1 is 0.259 bits per heavy atom. The predicted octanol–water partition coefficient (Wildman–Crippen LogP) is 13.4. The molecule has 4 saturated heterocycles. The average Bonchev–Trinajstić information content (AvgIpc) is 3.29. The third-order valence-electron chi connectivity index (χ3n) is 14.0. The number of nitrogens with zero attached hydrogens (tertiary/aromatic N) is 4. The van der Waals surface area contributed by atoms with Crippen molar-refractivity contribution in [2.24, 2.45) is 45.3 Å². The molecule has 4 aliphatic rings. The first-order valence-electron chi connectivity index (χ1n) is 22.8. The highest BCUT2D eigenvalue weighted by atomic mass is 15.2. The van der Waals surface area contributed by atoms with Crippen molar-refractivity contribution < 1.29 is 0 Å². The molecule has 0 aromatic rings. The second kappa shape index (κ2) is 19.3. The van der Waals surface area contributed by atoms with E-state index in [-0.39, 0.29) is 0 Å². The van der Waals surface area contributed by atoms with E-state index in [1.165, 1.54) is 90.9 Å². The Kier molecular flexibility index (Phi) is 18.5. The topological polar surface area (TPSA) is 13.0 Å². The van der Waals surface area contributed by atoms with Crippen LogP contribution in [0.15, 0.2) is 0 Å². The van der Waals surface area contributed by atoms with Gasteiger partial charge in [0.15, 0.2) is 0 Å². The monoisotopic (exact) mass is 761 g/mol. The van der Waals surface area contributed by atoms with Crippen LogP contribution in [0, 0.1) is 45.3 Å². The summed E-state index contributed by atoms with van der Waals surface area (Å²) in [6.07, 6.45) is 8.29. The lowest BCUT2D eigenvalue weighted by molar-refractivity contribution is -0.0345. The van der Waals surface area contributed by atoms with Gasteiger partial charge in [0, 0.05) is 41.8 Å². The van der Waals surface area contributed by atoms with Gasteiger partial charge in [-0.1, -0.05) is 83.1 Å². The smallest absolute Gasteiger partial charge is 0.0125 e. The summed E-state index contributed by atoms with van der Waals surface area (Å²) in [5.41, 5.74) is 3.44. The van der Waals surface area contributed by atoms with Crippen LogP contribution in [0.1, 0.15) is 205 Å². The highest BCUT2D eigenvalue weighted by molar-refractivity contribution is 4.94. The predicted molar refractivity (Wildman–Crippen MR) is 245 cm³/mol. The van der Waals surface area contributed by atoms with Gasteiger partial charge in [-0.2, -0.15) is 0 Å². The molecule has 0 saturated carbocycles. The molecule has 0 radical (unpaired) electrons. The Labute approximate surface area is 343 Å². The largest absolute Gasteiger partial charge is 0.298 e. The number of rotatable bonds is 0. The first kappa shape index (κ1) is 51.9. The van der Waals surface area contributed by atoms with Crippen molar-refractivity contribution in [2.45, 2.75) is 227 Å². The number of hydrogen-bond acceptors (Lipinski definition) is 4. The van der Waals surface area contributed by atoms with E-state index in [0.29, 0.717) is 43.8 Å². The molecule has 4 fully saturated rings. The van der Waals surface area contributed by atoms with E-state index in [0.717, 1.165) is 23.7 Å². The second-order valence-electron chi connectivity index (χ2n) is 26.6. The van der Waals surface area contributed by atoms with Gasteiger partial charge < -0.3 is 0 Å². The maximum atomic E-state index is 2.65. The van der Waals surface area contributed by atoms with Crippen LogP contribution in [0.5, 0.6) is 0 Å². The molecule has 324 valence electrons. The maximum Gasteiger partial charge on any atom is 0.0125 e. The van der Waals surface area contributed by atoms with Crippen LogP contribution in [0.3, 0.4) is 0 Å². The zero-order valence-corrected chi connectivity index (χ0v) is 42.0. The van der Waals surface area contributed by atoms with Gasteiger partial charge in [0.25, 0.3) is 0 Å². The summed E-state index contributed by atoms with van der Waals surface area (Å²) in [4.78, 5) is 10.4. The molecule has 0 aromatic heterocycles. The fourth-order valence-electron chi connectivity index (χ4n) is 8.70. The van der Waals surface area contributed by atoms with Crippen molar-refractivity contribution >= 4 is 0 Å². The first-order chi connectivity index (χ1) is 23.8. The van der Waals surface area contributed by atoms with Gasteiger partial charge in [0.2, 0.25) is 0 Å². The van der Waals surface area contributed by atoms with E-state index in [1.54, 1.807) is 0 Å². The normalized spacial score (nSPS) is 24.7. The number of hydrogen-bond donors (Lipinski definition) is 0. The fraction of sp³-hybridized carbons (Fsp3) is 1.00. The minimum atomic E-state index is 0.354. The van der Waals surface area contributed by atoms with Crippen LogP contribution in [-0.4, -0.2) is 94.1 Å². The van der Waals surface area contributed by atoms with Crippen molar-refractivity contribution in [3.63, 3.8) is 0 Å². The molecule has 4 aliphatic heterocycles. The average molecular weight is 761 g/mol. The standard InChI is InChI=1S/C14H29N.C13H27N.C12H25N.C11H23N/c1-13(2,3)12-8-7-10-15(11-9-12)14(4,5)6;1-12(2,3)11-7-9-14(10-8-11)13(4,5)6;1-11(2,3)10-7-8-13(9-10)12(4,5)6;1-10(2,3)9-7-12(8-9)11(4,5)6/h12H,7-11H2,1-6H3;11H,7-10H2,1-6H3;10H,7-9H2,1-6H3;9H,7-8H2,1-6H3. The van der Waals surface area contributed by atoms with Crippen molar-refractivity contribution in [3.05, 3.63) is 0 Å². The lowest BCUT2D eigenvalue weighted by atomic mass is 9.74. The third-order valence-corrected chi connectivity index (χ3v) is 14.0. The van der Waals surface area contributed by atoms with Gasteiger partial charge in [-0.25, -0.2) is 0 Å². The maximum absolute atomic E-state index is 2.65. The Bertz CT molecular complexity index is 954. The molecule has 0 amide bonds. The summed E-state index contributed by atoms with van der Waals surface area (Å²) in [6, 6.07) is 0.